The number of nitrogens with zero attached hydrogens (tertiary/aromatic N) is 2. The number of halogens is 6. The summed E-state index contributed by atoms with van der Waals surface area (Å²) < 4.78 is 52.0. The second kappa shape index (κ2) is 9.85. The Morgan fingerprint density at radius 3 is 2.37 bits per heavy atom. The lowest BCUT2D eigenvalue weighted by Gasteiger charge is -2.38. The van der Waals surface area contributed by atoms with Crippen LogP contribution in [-0.2, 0) is 11.0 Å². The summed E-state index contributed by atoms with van der Waals surface area (Å²) in [4.78, 5) is 16.3. The smallest absolute Gasteiger partial charge is 0.369 e. The Morgan fingerprint density at radius 2 is 1.77 bits per heavy atom. The molecular weight excluding hydrogens is 445 g/mol. The number of hydrogen-bond acceptors (Lipinski definition) is 3. The highest BCUT2D eigenvalue weighted by Crippen LogP contribution is 2.32. The average molecular weight is 466 g/mol. The van der Waals surface area contributed by atoms with E-state index < -0.39 is 23.6 Å². The maximum atomic E-state index is 13.2. The Labute approximate surface area is 183 Å². The van der Waals surface area contributed by atoms with E-state index in [1.807, 2.05) is 9.80 Å². The number of nitrogens with one attached hydrogen (secondary N) is 1. The van der Waals surface area contributed by atoms with Crippen LogP contribution >= 0.6 is 24.0 Å². The number of carbonyl (C=O) groups excluding carboxylic acids is 1. The summed E-state index contributed by atoms with van der Waals surface area (Å²) in [5, 5.41) is 2.63. The molecule has 1 saturated heterocycles. The monoisotopic (exact) mass is 465 g/mol. The van der Waals surface area contributed by atoms with Crippen LogP contribution in [0, 0.1) is 5.82 Å². The molecule has 0 spiro atoms. The van der Waals surface area contributed by atoms with Gasteiger partial charge < -0.3 is 10.2 Å². The fourth-order valence-electron chi connectivity index (χ4n) is 3.23. The minimum absolute atomic E-state index is 0. The van der Waals surface area contributed by atoms with E-state index in [-0.39, 0.29) is 23.3 Å². The van der Waals surface area contributed by atoms with Gasteiger partial charge in [-0.15, -0.1) is 12.4 Å². The molecule has 1 fully saturated rings. The number of amides is 1. The molecular formula is C20H21Cl2F4N3O. The molecule has 164 valence electrons. The van der Waals surface area contributed by atoms with Gasteiger partial charge in [0.2, 0.25) is 5.91 Å². The third-order valence-electron chi connectivity index (χ3n) is 4.97. The molecule has 1 heterocycles. The minimum Gasteiger partial charge on any atom is -0.369 e. The van der Waals surface area contributed by atoms with Gasteiger partial charge in [0.05, 0.1) is 16.6 Å². The fraction of sp³-hybridized carbons (Fsp3) is 0.350. The molecule has 1 aliphatic heterocycles. The zero-order valence-electron chi connectivity index (χ0n) is 16.0. The molecule has 4 nitrogen and oxygen atoms in total. The summed E-state index contributed by atoms with van der Waals surface area (Å²) in [5.41, 5.74) is 0.233. The SMILES string of the molecule is CC(C(=O)Nc1ccc(F)c(Cl)c1)N1CCN(c2cccc(C(F)(F)F)c2)CC1.Cl. The standard InChI is InChI=1S/C20H20ClF4N3O.ClH/c1-13(19(29)26-15-5-6-18(22)17(21)12-15)27-7-9-28(10-8-27)16-4-2-3-14(11-16)20(23,24)25;/h2-6,11-13H,7-10H2,1H3,(H,26,29);1H. The Balaban J connectivity index is 0.00000320. The van der Waals surface area contributed by atoms with Crippen molar-refractivity contribution in [2.45, 2.75) is 19.1 Å². The number of rotatable bonds is 4. The van der Waals surface area contributed by atoms with E-state index in [0.717, 1.165) is 12.1 Å². The molecule has 2 aromatic carbocycles. The van der Waals surface area contributed by atoms with Crippen molar-refractivity contribution in [1.82, 2.24) is 4.90 Å². The van der Waals surface area contributed by atoms with Gasteiger partial charge in [0, 0.05) is 37.6 Å². The molecule has 0 radical (unpaired) electrons. The predicted molar refractivity (Wildman–Crippen MR) is 112 cm³/mol. The van der Waals surface area contributed by atoms with Crippen LogP contribution in [0.2, 0.25) is 5.02 Å². The molecule has 1 unspecified atom stereocenters. The average Bonchev–Trinajstić information content (AvgIpc) is 2.70. The number of alkyl halides is 3. The zero-order chi connectivity index (χ0) is 21.2. The summed E-state index contributed by atoms with van der Waals surface area (Å²) >= 11 is 5.73. The summed E-state index contributed by atoms with van der Waals surface area (Å²) in [6.07, 6.45) is -4.38. The van der Waals surface area contributed by atoms with E-state index in [0.29, 0.717) is 37.6 Å². The van der Waals surface area contributed by atoms with Gasteiger partial charge in [0.1, 0.15) is 5.82 Å². The van der Waals surface area contributed by atoms with Crippen LogP contribution in [0.15, 0.2) is 42.5 Å². The van der Waals surface area contributed by atoms with Gasteiger partial charge in [-0.2, -0.15) is 13.2 Å². The molecule has 10 heteroatoms. The number of piperazine rings is 1. The Morgan fingerprint density at radius 1 is 1.10 bits per heavy atom. The number of hydrogen-bond donors (Lipinski definition) is 1. The van der Waals surface area contributed by atoms with Crippen LogP contribution in [0.1, 0.15) is 12.5 Å². The summed E-state index contributed by atoms with van der Waals surface area (Å²) in [6.45, 7) is 3.80. The first-order valence-corrected chi connectivity index (χ1v) is 9.45. The van der Waals surface area contributed by atoms with Crippen molar-refractivity contribution in [1.29, 1.82) is 0 Å². The van der Waals surface area contributed by atoms with Crippen molar-refractivity contribution in [2.24, 2.45) is 0 Å². The summed E-state index contributed by atoms with van der Waals surface area (Å²) in [7, 11) is 0. The van der Waals surface area contributed by atoms with E-state index >= 15 is 0 Å². The molecule has 3 rings (SSSR count). The zero-order valence-corrected chi connectivity index (χ0v) is 17.6. The van der Waals surface area contributed by atoms with Crippen LogP contribution in [0.5, 0.6) is 0 Å². The van der Waals surface area contributed by atoms with E-state index in [9.17, 15) is 22.4 Å². The highest BCUT2D eigenvalue weighted by molar-refractivity contribution is 6.31. The number of anilines is 2. The topological polar surface area (TPSA) is 35.6 Å². The maximum absolute atomic E-state index is 13.2. The Bertz CT molecular complexity index is 887. The van der Waals surface area contributed by atoms with E-state index in [2.05, 4.69) is 5.32 Å². The van der Waals surface area contributed by atoms with Crippen LogP contribution < -0.4 is 10.2 Å². The molecule has 1 N–H and O–H groups in total. The van der Waals surface area contributed by atoms with E-state index in [4.69, 9.17) is 11.6 Å². The second-order valence-corrected chi connectivity index (χ2v) is 7.27. The van der Waals surface area contributed by atoms with Gasteiger partial charge in [0.15, 0.2) is 0 Å². The van der Waals surface area contributed by atoms with Gasteiger partial charge in [0.25, 0.3) is 0 Å². The van der Waals surface area contributed by atoms with Crippen molar-refractivity contribution in [3.63, 3.8) is 0 Å². The molecule has 1 aliphatic rings. The first-order valence-electron chi connectivity index (χ1n) is 9.07. The fourth-order valence-corrected chi connectivity index (χ4v) is 3.41. The van der Waals surface area contributed by atoms with Crippen LogP contribution in [0.25, 0.3) is 0 Å². The lowest BCUT2D eigenvalue weighted by atomic mass is 10.1. The molecule has 1 amide bonds. The lowest BCUT2D eigenvalue weighted by Crippen LogP contribution is -2.52. The Hall–Kier alpha value is -2.03. The molecule has 0 bridgehead atoms. The first-order chi connectivity index (χ1) is 13.6. The molecule has 30 heavy (non-hydrogen) atoms. The van der Waals surface area contributed by atoms with Crippen LogP contribution in [-0.4, -0.2) is 43.0 Å². The molecule has 0 aromatic heterocycles. The number of carbonyl (C=O) groups is 1. The van der Waals surface area contributed by atoms with Gasteiger partial charge in [-0.05, 0) is 43.3 Å². The van der Waals surface area contributed by atoms with Crippen molar-refractivity contribution in [3.8, 4) is 0 Å². The maximum Gasteiger partial charge on any atom is 0.416 e. The molecule has 2 aromatic rings. The van der Waals surface area contributed by atoms with Crippen LogP contribution in [0.3, 0.4) is 0 Å². The molecule has 0 saturated carbocycles. The third-order valence-corrected chi connectivity index (χ3v) is 5.26. The second-order valence-electron chi connectivity index (χ2n) is 6.87. The Kier molecular flexibility index (Phi) is 7.96. The summed E-state index contributed by atoms with van der Waals surface area (Å²) in [6, 6.07) is 8.73. The van der Waals surface area contributed by atoms with Crippen molar-refractivity contribution in [3.05, 3.63) is 58.9 Å². The highest BCUT2D eigenvalue weighted by Gasteiger charge is 2.31. The molecule has 0 aliphatic carbocycles. The van der Waals surface area contributed by atoms with E-state index in [1.54, 1.807) is 13.0 Å². The third kappa shape index (κ3) is 5.77. The lowest BCUT2D eigenvalue weighted by molar-refractivity contribution is -0.137. The minimum atomic E-state index is -4.38. The van der Waals surface area contributed by atoms with Crippen LogP contribution in [0.4, 0.5) is 28.9 Å². The predicted octanol–water partition coefficient (Wildman–Crippen LogP) is 5.07. The van der Waals surface area contributed by atoms with Gasteiger partial charge in [-0.25, -0.2) is 4.39 Å². The van der Waals surface area contributed by atoms with Crippen molar-refractivity contribution >= 4 is 41.3 Å². The summed E-state index contributed by atoms with van der Waals surface area (Å²) in [5.74, 6) is -0.830. The highest BCUT2D eigenvalue weighted by atomic mass is 35.5. The largest absolute Gasteiger partial charge is 0.416 e. The van der Waals surface area contributed by atoms with Gasteiger partial charge in [-0.1, -0.05) is 17.7 Å². The van der Waals surface area contributed by atoms with Gasteiger partial charge in [-0.3, -0.25) is 9.69 Å². The van der Waals surface area contributed by atoms with E-state index in [1.165, 1.54) is 24.3 Å². The van der Waals surface area contributed by atoms with Gasteiger partial charge >= 0.3 is 6.18 Å². The number of benzene rings is 2. The normalized spacial score (nSPS) is 16.0. The first kappa shape index (κ1) is 24.2. The quantitative estimate of drug-likeness (QED) is 0.640. The van der Waals surface area contributed by atoms with Crippen molar-refractivity contribution < 1.29 is 22.4 Å². The van der Waals surface area contributed by atoms with Crippen molar-refractivity contribution in [2.75, 3.05) is 36.4 Å². The molecule has 1 atom stereocenters.